The number of carbonyl (C=O) groups excluding carboxylic acids is 1. The Morgan fingerprint density at radius 2 is 2.38 bits per heavy atom. The highest BCUT2D eigenvalue weighted by atomic mass is 79.9. The van der Waals surface area contributed by atoms with Gasteiger partial charge in [0.15, 0.2) is 5.82 Å². The number of alkyl halides is 1. The fourth-order valence-electron chi connectivity index (χ4n) is 1.54. The molecule has 7 heteroatoms. The van der Waals surface area contributed by atoms with Gasteiger partial charge in [-0.25, -0.2) is 9.97 Å². The van der Waals surface area contributed by atoms with Crippen LogP contribution in [-0.4, -0.2) is 34.4 Å². The molecule has 86 valence electrons. The van der Waals surface area contributed by atoms with Crippen LogP contribution in [0.5, 0.6) is 5.88 Å². The Morgan fingerprint density at radius 3 is 2.94 bits per heavy atom. The van der Waals surface area contributed by atoms with E-state index >= 15 is 0 Å². The Labute approximate surface area is 109 Å². The van der Waals surface area contributed by atoms with Crippen LogP contribution in [0.3, 0.4) is 0 Å². The zero-order valence-electron chi connectivity index (χ0n) is 8.48. The minimum absolute atomic E-state index is 0.0248. The minimum atomic E-state index is 0.0248. The molecule has 16 heavy (non-hydrogen) atoms. The van der Waals surface area contributed by atoms with Crippen molar-refractivity contribution in [1.29, 1.82) is 0 Å². The smallest absolute Gasteiger partial charge is 0.258 e. The van der Waals surface area contributed by atoms with Crippen molar-refractivity contribution in [3.05, 3.63) is 10.8 Å². The first kappa shape index (κ1) is 11.8. The van der Waals surface area contributed by atoms with Crippen molar-refractivity contribution in [2.45, 2.75) is 11.2 Å². The van der Waals surface area contributed by atoms with Crippen LogP contribution in [0, 0.1) is 0 Å². The SMILES string of the molecule is COc1nc(Br)cnc1N1CC(Br)CC1=O. The Balaban J connectivity index is 2.36. The van der Waals surface area contributed by atoms with Crippen LogP contribution in [0.2, 0.25) is 0 Å². The molecule has 1 amide bonds. The van der Waals surface area contributed by atoms with E-state index in [0.717, 1.165) is 0 Å². The topological polar surface area (TPSA) is 55.3 Å². The number of ether oxygens (including phenoxy) is 1. The summed E-state index contributed by atoms with van der Waals surface area (Å²) < 4.78 is 5.69. The molecule has 1 atom stereocenters. The third-order valence-electron chi connectivity index (χ3n) is 2.22. The zero-order chi connectivity index (χ0) is 11.7. The number of amides is 1. The van der Waals surface area contributed by atoms with Gasteiger partial charge in [-0.1, -0.05) is 15.9 Å². The van der Waals surface area contributed by atoms with Crippen molar-refractivity contribution >= 4 is 43.6 Å². The molecule has 0 spiro atoms. The largest absolute Gasteiger partial charge is 0.478 e. The standard InChI is InChI=1S/C9H9Br2N3O2/c1-16-9-8(12-3-6(11)13-9)14-4-5(10)2-7(14)15/h3,5H,2,4H2,1H3. The average molecular weight is 351 g/mol. The Bertz CT molecular complexity index is 427. The van der Waals surface area contributed by atoms with Crippen LogP contribution in [0.1, 0.15) is 6.42 Å². The predicted molar refractivity (Wildman–Crippen MR) is 66.0 cm³/mol. The van der Waals surface area contributed by atoms with Gasteiger partial charge in [0.25, 0.3) is 5.88 Å². The van der Waals surface area contributed by atoms with Crippen LogP contribution in [0.25, 0.3) is 0 Å². The Kier molecular flexibility index (Phi) is 3.44. The maximum absolute atomic E-state index is 11.7. The zero-order valence-corrected chi connectivity index (χ0v) is 11.7. The van der Waals surface area contributed by atoms with E-state index in [1.807, 2.05) is 0 Å². The lowest BCUT2D eigenvalue weighted by molar-refractivity contribution is -0.117. The number of hydrogen-bond acceptors (Lipinski definition) is 4. The highest BCUT2D eigenvalue weighted by Crippen LogP contribution is 2.30. The molecule has 1 unspecified atom stereocenters. The van der Waals surface area contributed by atoms with E-state index < -0.39 is 0 Å². The van der Waals surface area contributed by atoms with Gasteiger partial charge in [0, 0.05) is 17.8 Å². The number of hydrogen-bond donors (Lipinski definition) is 0. The minimum Gasteiger partial charge on any atom is -0.478 e. The first-order valence-electron chi connectivity index (χ1n) is 4.62. The first-order valence-corrected chi connectivity index (χ1v) is 6.33. The van der Waals surface area contributed by atoms with Crippen LogP contribution >= 0.6 is 31.9 Å². The third-order valence-corrected chi connectivity index (χ3v) is 3.22. The van der Waals surface area contributed by atoms with E-state index in [4.69, 9.17) is 4.74 Å². The monoisotopic (exact) mass is 349 g/mol. The molecule has 0 N–H and O–H groups in total. The predicted octanol–water partition coefficient (Wildman–Crippen LogP) is 1.75. The molecule has 0 bridgehead atoms. The number of rotatable bonds is 2. The summed E-state index contributed by atoms with van der Waals surface area (Å²) in [6.07, 6.45) is 2.02. The van der Waals surface area contributed by atoms with Gasteiger partial charge in [-0.2, -0.15) is 0 Å². The normalized spacial score (nSPS) is 20.3. The van der Waals surface area contributed by atoms with E-state index in [9.17, 15) is 4.79 Å². The van der Waals surface area contributed by atoms with Gasteiger partial charge in [0.2, 0.25) is 5.91 Å². The number of methoxy groups -OCH3 is 1. The summed E-state index contributed by atoms with van der Waals surface area (Å²) in [7, 11) is 1.51. The molecule has 0 radical (unpaired) electrons. The summed E-state index contributed by atoms with van der Waals surface area (Å²) in [5, 5.41) is 0. The van der Waals surface area contributed by atoms with Crippen molar-refractivity contribution in [2.75, 3.05) is 18.6 Å². The third kappa shape index (κ3) is 2.20. The second-order valence-corrected chi connectivity index (χ2v) is 5.44. The molecule has 1 aromatic heterocycles. The molecule has 1 aliphatic rings. The molecule has 1 fully saturated rings. The van der Waals surface area contributed by atoms with Crippen LogP contribution < -0.4 is 9.64 Å². The fourth-order valence-corrected chi connectivity index (χ4v) is 2.37. The lowest BCUT2D eigenvalue weighted by Gasteiger charge is -2.16. The van der Waals surface area contributed by atoms with Gasteiger partial charge < -0.3 is 4.74 Å². The van der Waals surface area contributed by atoms with E-state index in [1.54, 1.807) is 11.1 Å². The van der Waals surface area contributed by atoms with E-state index in [0.29, 0.717) is 29.3 Å². The highest BCUT2D eigenvalue weighted by Gasteiger charge is 2.32. The number of halogens is 2. The number of nitrogens with zero attached hydrogens (tertiary/aromatic N) is 3. The quantitative estimate of drug-likeness (QED) is 0.762. The molecule has 1 aliphatic heterocycles. The molecule has 0 aromatic carbocycles. The van der Waals surface area contributed by atoms with Crippen LogP contribution in [0.15, 0.2) is 10.8 Å². The molecule has 0 saturated carbocycles. The van der Waals surface area contributed by atoms with Crippen LogP contribution in [-0.2, 0) is 4.79 Å². The van der Waals surface area contributed by atoms with E-state index in [2.05, 4.69) is 41.8 Å². The van der Waals surface area contributed by atoms with Gasteiger partial charge in [-0.05, 0) is 15.9 Å². The molecule has 2 rings (SSSR count). The highest BCUT2D eigenvalue weighted by molar-refractivity contribution is 9.10. The summed E-state index contributed by atoms with van der Waals surface area (Å²) in [5.41, 5.74) is 0. The summed E-state index contributed by atoms with van der Waals surface area (Å²) >= 11 is 6.62. The van der Waals surface area contributed by atoms with E-state index in [1.165, 1.54) is 7.11 Å². The van der Waals surface area contributed by atoms with Crippen molar-refractivity contribution in [3.63, 3.8) is 0 Å². The summed E-state index contributed by atoms with van der Waals surface area (Å²) in [6, 6.07) is 0. The Hall–Kier alpha value is -0.690. The molecular formula is C9H9Br2N3O2. The van der Waals surface area contributed by atoms with Crippen molar-refractivity contribution < 1.29 is 9.53 Å². The maximum Gasteiger partial charge on any atom is 0.258 e. The van der Waals surface area contributed by atoms with Crippen molar-refractivity contribution in [1.82, 2.24) is 9.97 Å². The van der Waals surface area contributed by atoms with Gasteiger partial charge >= 0.3 is 0 Å². The second kappa shape index (κ2) is 4.67. The number of carbonyl (C=O) groups is 1. The Morgan fingerprint density at radius 1 is 1.62 bits per heavy atom. The summed E-state index contributed by atoms with van der Waals surface area (Å²) in [6.45, 7) is 0.589. The lowest BCUT2D eigenvalue weighted by Crippen LogP contribution is -2.26. The second-order valence-electron chi connectivity index (χ2n) is 3.33. The van der Waals surface area contributed by atoms with Gasteiger partial charge in [-0.15, -0.1) is 0 Å². The molecule has 1 aromatic rings. The summed E-state index contributed by atoms with van der Waals surface area (Å²) in [4.78, 5) is 21.7. The first-order chi connectivity index (χ1) is 7.61. The maximum atomic E-state index is 11.7. The van der Waals surface area contributed by atoms with E-state index in [-0.39, 0.29) is 10.7 Å². The van der Waals surface area contributed by atoms with Crippen molar-refractivity contribution in [3.8, 4) is 5.88 Å². The molecular weight excluding hydrogens is 342 g/mol. The molecule has 2 heterocycles. The molecule has 1 saturated heterocycles. The molecule has 5 nitrogen and oxygen atoms in total. The van der Waals surface area contributed by atoms with Crippen molar-refractivity contribution in [2.24, 2.45) is 0 Å². The van der Waals surface area contributed by atoms with Gasteiger partial charge in [-0.3, -0.25) is 9.69 Å². The average Bonchev–Trinajstić information content (AvgIpc) is 2.57. The van der Waals surface area contributed by atoms with Crippen LogP contribution in [0.4, 0.5) is 5.82 Å². The fraction of sp³-hybridized carbons (Fsp3) is 0.444. The van der Waals surface area contributed by atoms with Gasteiger partial charge in [0.05, 0.1) is 13.3 Å². The number of anilines is 1. The lowest BCUT2D eigenvalue weighted by atomic mass is 10.4. The number of aromatic nitrogens is 2. The summed E-state index contributed by atoms with van der Waals surface area (Å²) in [5.74, 6) is 0.846. The molecule has 0 aliphatic carbocycles. The van der Waals surface area contributed by atoms with Gasteiger partial charge in [0.1, 0.15) is 4.60 Å².